The van der Waals surface area contributed by atoms with Crippen molar-refractivity contribution in [3.05, 3.63) is 24.3 Å². The maximum absolute atomic E-state index is 12.4. The summed E-state index contributed by atoms with van der Waals surface area (Å²) < 4.78 is 0. The molecular weight excluding hydrogens is 452 g/mol. The van der Waals surface area contributed by atoms with Crippen LogP contribution in [0.4, 0.5) is 11.4 Å². The number of hydrogen-bond acceptors (Lipinski definition) is 5. The summed E-state index contributed by atoms with van der Waals surface area (Å²) in [5.74, 6) is 2.52. The minimum absolute atomic E-state index is 0.0477. The molecule has 1 heterocycles. The summed E-state index contributed by atoms with van der Waals surface area (Å²) in [6.45, 7) is 1.19. The highest BCUT2D eigenvalue weighted by Crippen LogP contribution is 2.57. The van der Waals surface area contributed by atoms with E-state index in [1.807, 2.05) is 24.3 Å². The number of nitrogens with one attached hydrogen (secondary N) is 3. The molecule has 196 valence electrons. The Balaban J connectivity index is 0.957. The highest BCUT2D eigenvalue weighted by molar-refractivity contribution is 6.01. The zero-order valence-corrected chi connectivity index (χ0v) is 21.7. The third-order valence-electron chi connectivity index (χ3n) is 9.21. The van der Waals surface area contributed by atoms with E-state index in [2.05, 4.69) is 27.9 Å². The summed E-state index contributed by atoms with van der Waals surface area (Å²) in [5.41, 5.74) is 2.05. The van der Waals surface area contributed by atoms with E-state index in [-0.39, 0.29) is 17.7 Å². The van der Waals surface area contributed by atoms with E-state index in [4.69, 9.17) is 0 Å². The van der Waals surface area contributed by atoms with Crippen LogP contribution in [0, 0.1) is 17.8 Å². The summed E-state index contributed by atoms with van der Waals surface area (Å²) in [6, 6.07) is 6.97. The molecule has 1 saturated heterocycles. The smallest absolute Gasteiger partial charge is 0.249 e. The standard InChI is InChI=1S/C29H42N4O3/c1-33(29-17-20-14-21(18-29)16-22(15-20)19-29)13-5-3-2-4-6-26(34)31-24-9-7-23(8-10-24)30-25-11-12-27(35)32-28(25)36/h7-10,20-22,25,30H,2-6,11-19H2,1H3,(H,31,34)(H,32,35,36). The molecule has 0 spiro atoms. The molecule has 4 bridgehead atoms. The molecule has 1 aromatic rings. The monoisotopic (exact) mass is 494 g/mol. The molecule has 6 rings (SSSR count). The van der Waals surface area contributed by atoms with Crippen molar-refractivity contribution >= 4 is 29.1 Å². The van der Waals surface area contributed by atoms with Gasteiger partial charge in [-0.15, -0.1) is 0 Å². The van der Waals surface area contributed by atoms with Crippen molar-refractivity contribution in [3.8, 4) is 0 Å². The van der Waals surface area contributed by atoms with E-state index in [1.165, 1.54) is 57.9 Å². The molecule has 0 radical (unpaired) electrons. The minimum atomic E-state index is -0.407. The molecule has 3 amide bonds. The highest BCUT2D eigenvalue weighted by atomic mass is 16.2. The van der Waals surface area contributed by atoms with Gasteiger partial charge in [0.25, 0.3) is 0 Å². The Bertz CT molecular complexity index is 924. The first-order chi connectivity index (χ1) is 17.4. The van der Waals surface area contributed by atoms with Crippen LogP contribution >= 0.6 is 0 Å². The fourth-order valence-corrected chi connectivity index (χ4v) is 7.66. The number of imide groups is 1. The molecule has 4 aliphatic carbocycles. The third-order valence-corrected chi connectivity index (χ3v) is 9.21. The van der Waals surface area contributed by atoms with Gasteiger partial charge >= 0.3 is 0 Å². The molecule has 7 heteroatoms. The Labute approximate surface area is 215 Å². The lowest BCUT2D eigenvalue weighted by molar-refractivity contribution is -0.133. The first kappa shape index (κ1) is 25.2. The highest BCUT2D eigenvalue weighted by Gasteiger charge is 2.52. The molecule has 1 aliphatic heterocycles. The Morgan fingerprint density at radius 2 is 1.56 bits per heavy atom. The maximum Gasteiger partial charge on any atom is 0.249 e. The number of rotatable bonds is 11. The number of unbranched alkanes of at least 4 members (excludes halogenated alkanes) is 3. The SMILES string of the molecule is CN(CCCCCCC(=O)Nc1ccc(NC2CCC(=O)NC2=O)cc1)C12CC3CC(CC(C3)C1)C2. The Kier molecular flexibility index (Phi) is 7.65. The molecule has 0 aromatic heterocycles. The van der Waals surface area contributed by atoms with E-state index >= 15 is 0 Å². The van der Waals surface area contributed by atoms with Gasteiger partial charge in [-0.3, -0.25) is 19.7 Å². The van der Waals surface area contributed by atoms with Gasteiger partial charge in [-0.1, -0.05) is 12.8 Å². The number of carbonyl (C=O) groups is 3. The van der Waals surface area contributed by atoms with Crippen LogP contribution in [0.25, 0.3) is 0 Å². The number of piperidine rings is 1. The second kappa shape index (κ2) is 10.9. The second-order valence-electron chi connectivity index (χ2n) is 12.0. The zero-order valence-electron chi connectivity index (χ0n) is 21.7. The van der Waals surface area contributed by atoms with Gasteiger partial charge in [0.2, 0.25) is 17.7 Å². The fraction of sp³-hybridized carbons (Fsp3) is 0.690. The molecular formula is C29H42N4O3. The molecule has 1 atom stereocenters. The number of benzene rings is 1. The summed E-state index contributed by atoms with van der Waals surface area (Å²) in [7, 11) is 2.37. The van der Waals surface area contributed by atoms with Crippen LogP contribution in [0.2, 0.25) is 0 Å². The minimum Gasteiger partial charge on any atom is -0.374 e. The quantitative estimate of drug-likeness (QED) is 0.307. The second-order valence-corrected chi connectivity index (χ2v) is 12.0. The van der Waals surface area contributed by atoms with Crippen molar-refractivity contribution in [1.82, 2.24) is 10.2 Å². The van der Waals surface area contributed by atoms with Gasteiger partial charge in [-0.2, -0.15) is 0 Å². The number of hydrogen-bond donors (Lipinski definition) is 3. The van der Waals surface area contributed by atoms with Crippen molar-refractivity contribution in [2.75, 3.05) is 24.2 Å². The van der Waals surface area contributed by atoms with E-state index in [9.17, 15) is 14.4 Å². The van der Waals surface area contributed by atoms with Crippen LogP contribution in [-0.2, 0) is 14.4 Å². The summed E-state index contributed by atoms with van der Waals surface area (Å²) in [5, 5.41) is 8.47. The van der Waals surface area contributed by atoms with Crippen molar-refractivity contribution < 1.29 is 14.4 Å². The average molecular weight is 495 g/mol. The lowest BCUT2D eigenvalue weighted by Gasteiger charge is -2.60. The molecule has 1 unspecified atom stereocenters. The van der Waals surface area contributed by atoms with E-state index in [0.29, 0.717) is 24.8 Å². The van der Waals surface area contributed by atoms with Gasteiger partial charge in [-0.25, -0.2) is 0 Å². The van der Waals surface area contributed by atoms with Crippen molar-refractivity contribution in [2.45, 2.75) is 95.1 Å². The van der Waals surface area contributed by atoms with Crippen LogP contribution in [0.15, 0.2) is 24.3 Å². The van der Waals surface area contributed by atoms with Crippen LogP contribution in [-0.4, -0.2) is 47.8 Å². The van der Waals surface area contributed by atoms with Gasteiger partial charge in [0, 0.05) is 29.8 Å². The average Bonchev–Trinajstić information content (AvgIpc) is 2.83. The van der Waals surface area contributed by atoms with E-state index < -0.39 is 6.04 Å². The Morgan fingerprint density at radius 3 is 2.19 bits per heavy atom. The fourth-order valence-electron chi connectivity index (χ4n) is 7.66. The lowest BCUT2D eigenvalue weighted by atomic mass is 9.52. The van der Waals surface area contributed by atoms with Gasteiger partial charge in [0.15, 0.2) is 0 Å². The van der Waals surface area contributed by atoms with Gasteiger partial charge < -0.3 is 15.5 Å². The van der Waals surface area contributed by atoms with Crippen molar-refractivity contribution in [1.29, 1.82) is 0 Å². The number of carbonyl (C=O) groups excluding carboxylic acids is 3. The molecule has 5 fully saturated rings. The first-order valence-corrected chi connectivity index (χ1v) is 14.1. The summed E-state index contributed by atoms with van der Waals surface area (Å²) in [4.78, 5) is 38.3. The van der Waals surface area contributed by atoms with Crippen LogP contribution in [0.3, 0.4) is 0 Å². The van der Waals surface area contributed by atoms with Crippen LogP contribution < -0.4 is 16.0 Å². The molecule has 3 N–H and O–H groups in total. The maximum atomic E-state index is 12.4. The summed E-state index contributed by atoms with van der Waals surface area (Å²) in [6.07, 6.45) is 14.6. The first-order valence-electron chi connectivity index (χ1n) is 14.1. The Morgan fingerprint density at radius 1 is 0.944 bits per heavy atom. The zero-order chi connectivity index (χ0) is 25.1. The van der Waals surface area contributed by atoms with Crippen LogP contribution in [0.1, 0.15) is 83.5 Å². The largest absolute Gasteiger partial charge is 0.374 e. The predicted molar refractivity (Wildman–Crippen MR) is 141 cm³/mol. The van der Waals surface area contributed by atoms with E-state index in [1.54, 1.807) is 0 Å². The van der Waals surface area contributed by atoms with E-state index in [0.717, 1.165) is 42.0 Å². The molecule has 5 aliphatic rings. The molecule has 4 saturated carbocycles. The number of nitrogens with zero attached hydrogens (tertiary/aromatic N) is 1. The molecule has 1 aromatic carbocycles. The topological polar surface area (TPSA) is 90.5 Å². The van der Waals surface area contributed by atoms with Gasteiger partial charge in [0.05, 0.1) is 0 Å². The van der Waals surface area contributed by atoms with Crippen molar-refractivity contribution in [3.63, 3.8) is 0 Å². The van der Waals surface area contributed by atoms with Gasteiger partial charge in [-0.05, 0) is 113 Å². The Hall–Kier alpha value is -2.41. The summed E-state index contributed by atoms with van der Waals surface area (Å²) >= 11 is 0. The predicted octanol–water partition coefficient (Wildman–Crippen LogP) is 4.69. The van der Waals surface area contributed by atoms with Crippen LogP contribution in [0.5, 0.6) is 0 Å². The van der Waals surface area contributed by atoms with Gasteiger partial charge in [0.1, 0.15) is 6.04 Å². The third kappa shape index (κ3) is 5.93. The lowest BCUT2D eigenvalue weighted by Crippen LogP contribution is -2.58. The normalized spacial score (nSPS) is 30.9. The number of amides is 3. The molecule has 7 nitrogen and oxygen atoms in total. The molecule has 36 heavy (non-hydrogen) atoms. The number of anilines is 2. The van der Waals surface area contributed by atoms with Crippen molar-refractivity contribution in [2.24, 2.45) is 17.8 Å².